The van der Waals surface area contributed by atoms with Crippen LogP contribution in [0.5, 0.6) is 0 Å². The summed E-state index contributed by atoms with van der Waals surface area (Å²) in [6, 6.07) is 9.11. The summed E-state index contributed by atoms with van der Waals surface area (Å²) in [4.78, 5) is 40.2. The maximum Gasteiger partial charge on any atom is 0.416 e. The van der Waals surface area contributed by atoms with Gasteiger partial charge in [0, 0.05) is 26.2 Å². The fraction of sp³-hybridized carbons (Fsp3) is 0.448. The van der Waals surface area contributed by atoms with Crippen molar-refractivity contribution in [3.63, 3.8) is 0 Å². The largest absolute Gasteiger partial charge is 0.466 e. The van der Waals surface area contributed by atoms with Crippen LogP contribution in [0, 0.1) is 0 Å². The Hall–Kier alpha value is -4.38. The van der Waals surface area contributed by atoms with Crippen LogP contribution in [-0.2, 0) is 54.8 Å². The Kier molecular flexibility index (Phi) is 10.8. The van der Waals surface area contributed by atoms with Gasteiger partial charge in [0.05, 0.1) is 17.1 Å². The molecule has 2 aromatic carbocycles. The molecule has 46 heavy (non-hydrogen) atoms. The Bertz CT molecular complexity index is 1640. The van der Waals surface area contributed by atoms with E-state index < -0.39 is 57.0 Å². The predicted octanol–water partition coefficient (Wildman–Crippen LogP) is 2.14. The molecular formula is C29H34F3N7O6S. The van der Waals surface area contributed by atoms with Crippen LogP contribution >= 0.6 is 0 Å². The molecule has 0 spiro atoms. The van der Waals surface area contributed by atoms with Crippen LogP contribution in [0.2, 0.25) is 0 Å². The third kappa shape index (κ3) is 8.45. The standard InChI is InChI=1S/C29H34F3N7O6S/c1-4-45-27(41)15-25-34-36-39(35-25)18-26(40)37-13-14-38(46(43,44)23-11-9-22(10-12-23)29(30,31)32)24(17-37)28(42)33-16-20-5-7-21(8-6-20)19(2)3/h5-12,19,24H,4,13-18H2,1-3H3,(H,33,42). The van der Waals surface area contributed by atoms with E-state index >= 15 is 0 Å². The highest BCUT2D eigenvalue weighted by atomic mass is 32.2. The van der Waals surface area contributed by atoms with Gasteiger partial charge in [-0.25, -0.2) is 8.42 Å². The molecule has 17 heteroatoms. The highest BCUT2D eigenvalue weighted by Gasteiger charge is 2.42. The molecule has 0 bridgehead atoms. The molecule has 1 aliphatic heterocycles. The minimum absolute atomic E-state index is 0.0392. The second-order valence-electron chi connectivity index (χ2n) is 10.8. The first-order valence-electron chi connectivity index (χ1n) is 14.4. The number of tetrazole rings is 1. The number of benzene rings is 2. The number of hydrogen-bond donors (Lipinski definition) is 1. The number of carbonyl (C=O) groups excluding carboxylic acids is 3. The molecule has 0 radical (unpaired) electrons. The molecule has 0 saturated carbocycles. The van der Waals surface area contributed by atoms with Gasteiger partial charge < -0.3 is 15.0 Å². The maximum absolute atomic E-state index is 13.6. The van der Waals surface area contributed by atoms with Crippen LogP contribution in [0.25, 0.3) is 0 Å². The van der Waals surface area contributed by atoms with Crippen LogP contribution in [0.3, 0.4) is 0 Å². The van der Waals surface area contributed by atoms with Crippen molar-refractivity contribution in [2.24, 2.45) is 0 Å². The summed E-state index contributed by atoms with van der Waals surface area (Å²) in [6.07, 6.45) is -4.91. The Morgan fingerprint density at radius 2 is 1.72 bits per heavy atom. The number of halogens is 3. The number of amides is 2. The Morgan fingerprint density at radius 3 is 2.33 bits per heavy atom. The molecule has 13 nitrogen and oxygen atoms in total. The average Bonchev–Trinajstić information content (AvgIpc) is 3.45. The van der Waals surface area contributed by atoms with E-state index in [4.69, 9.17) is 4.74 Å². The van der Waals surface area contributed by atoms with Crippen LogP contribution in [0.15, 0.2) is 53.4 Å². The number of nitrogens with zero attached hydrogens (tertiary/aromatic N) is 6. The van der Waals surface area contributed by atoms with Gasteiger partial charge in [-0.2, -0.15) is 22.3 Å². The lowest BCUT2D eigenvalue weighted by Crippen LogP contribution is -2.61. The molecule has 1 atom stereocenters. The summed E-state index contributed by atoms with van der Waals surface area (Å²) in [7, 11) is -4.45. The molecular weight excluding hydrogens is 631 g/mol. The minimum atomic E-state index is -4.66. The number of esters is 1. The summed E-state index contributed by atoms with van der Waals surface area (Å²) in [5, 5.41) is 14.2. The lowest BCUT2D eigenvalue weighted by molar-refractivity contribution is -0.142. The van der Waals surface area contributed by atoms with Gasteiger partial charge in [-0.05, 0) is 53.4 Å². The molecule has 0 aliphatic carbocycles. The van der Waals surface area contributed by atoms with Crippen molar-refractivity contribution in [2.45, 2.75) is 63.3 Å². The average molecular weight is 666 g/mol. The van der Waals surface area contributed by atoms with Gasteiger partial charge in [-0.15, -0.1) is 10.2 Å². The van der Waals surface area contributed by atoms with Crippen LogP contribution in [0.1, 0.15) is 49.2 Å². The molecule has 1 aromatic heterocycles. The molecule has 248 valence electrons. The van der Waals surface area contributed by atoms with E-state index in [0.29, 0.717) is 18.1 Å². The van der Waals surface area contributed by atoms with Gasteiger partial charge in [-0.3, -0.25) is 14.4 Å². The van der Waals surface area contributed by atoms with Gasteiger partial charge >= 0.3 is 12.1 Å². The highest BCUT2D eigenvalue weighted by Crippen LogP contribution is 2.31. The second kappa shape index (κ2) is 14.4. The number of nitrogens with one attached hydrogen (secondary N) is 1. The molecule has 1 aliphatic rings. The second-order valence-corrected chi connectivity index (χ2v) is 12.7. The Labute approximate surface area is 263 Å². The van der Waals surface area contributed by atoms with Gasteiger partial charge in [-0.1, -0.05) is 38.1 Å². The smallest absolute Gasteiger partial charge is 0.416 e. The van der Waals surface area contributed by atoms with E-state index in [1.165, 1.54) is 4.90 Å². The number of ether oxygens (including phenoxy) is 1. The summed E-state index contributed by atoms with van der Waals surface area (Å²) in [6.45, 7) is 4.79. The zero-order valence-corrected chi connectivity index (χ0v) is 26.2. The zero-order valence-electron chi connectivity index (χ0n) is 25.4. The van der Waals surface area contributed by atoms with Gasteiger partial charge in [0.2, 0.25) is 21.8 Å². The number of carbonyl (C=O) groups is 3. The number of hydrogen-bond acceptors (Lipinski definition) is 9. The first kappa shape index (κ1) is 34.5. The van der Waals surface area contributed by atoms with Crippen molar-refractivity contribution in [2.75, 3.05) is 26.2 Å². The molecule has 2 amide bonds. The molecule has 1 saturated heterocycles. The SMILES string of the molecule is CCOC(=O)Cc1nnn(CC(=O)N2CCN(S(=O)(=O)c3ccc(C(F)(F)F)cc3)C(C(=O)NCc3ccc(C(C)C)cc3)C2)n1. The fourth-order valence-electron chi connectivity index (χ4n) is 4.75. The van der Waals surface area contributed by atoms with Gasteiger partial charge in [0.1, 0.15) is 19.0 Å². The predicted molar refractivity (Wildman–Crippen MR) is 156 cm³/mol. The fourth-order valence-corrected chi connectivity index (χ4v) is 6.32. The first-order chi connectivity index (χ1) is 21.7. The first-order valence-corrected chi connectivity index (χ1v) is 15.9. The van der Waals surface area contributed by atoms with Crippen molar-refractivity contribution in [1.29, 1.82) is 0 Å². The number of rotatable bonds is 11. The van der Waals surface area contributed by atoms with Crippen LogP contribution < -0.4 is 5.32 Å². The normalized spacial score (nSPS) is 16.0. The van der Waals surface area contributed by atoms with Crippen LogP contribution in [-0.4, -0.2) is 87.9 Å². The zero-order chi connectivity index (χ0) is 33.6. The van der Waals surface area contributed by atoms with Gasteiger partial charge in [0.15, 0.2) is 5.82 Å². The lowest BCUT2D eigenvalue weighted by Gasteiger charge is -2.39. The van der Waals surface area contributed by atoms with E-state index in [9.17, 15) is 36.0 Å². The molecule has 4 rings (SSSR count). The molecule has 2 heterocycles. The third-order valence-electron chi connectivity index (χ3n) is 7.27. The summed E-state index contributed by atoms with van der Waals surface area (Å²) >= 11 is 0. The van der Waals surface area contributed by atoms with E-state index in [-0.39, 0.29) is 45.0 Å². The number of piperazine rings is 1. The summed E-state index contributed by atoms with van der Waals surface area (Å²) < 4.78 is 72.3. The Balaban J connectivity index is 1.53. The number of aromatic nitrogens is 4. The minimum Gasteiger partial charge on any atom is -0.466 e. The molecule has 1 fully saturated rings. The van der Waals surface area contributed by atoms with Crippen molar-refractivity contribution in [3.05, 3.63) is 71.0 Å². The van der Waals surface area contributed by atoms with Crippen molar-refractivity contribution >= 4 is 27.8 Å². The molecule has 1 unspecified atom stereocenters. The van der Waals surface area contributed by atoms with Crippen molar-refractivity contribution < 1.29 is 40.7 Å². The number of sulfonamides is 1. The lowest BCUT2D eigenvalue weighted by atomic mass is 10.0. The highest BCUT2D eigenvalue weighted by molar-refractivity contribution is 7.89. The van der Waals surface area contributed by atoms with Crippen LogP contribution in [0.4, 0.5) is 13.2 Å². The third-order valence-corrected chi connectivity index (χ3v) is 9.19. The van der Waals surface area contributed by atoms with E-state index in [1.807, 2.05) is 38.1 Å². The van der Waals surface area contributed by atoms with E-state index in [2.05, 4.69) is 20.7 Å². The molecule has 1 N–H and O–H groups in total. The Morgan fingerprint density at radius 1 is 1.04 bits per heavy atom. The van der Waals surface area contributed by atoms with Crippen molar-refractivity contribution in [3.8, 4) is 0 Å². The monoisotopic (exact) mass is 665 g/mol. The summed E-state index contributed by atoms with van der Waals surface area (Å²) in [5.41, 5.74) is 0.835. The maximum atomic E-state index is 13.6. The van der Waals surface area contributed by atoms with Gasteiger partial charge in [0.25, 0.3) is 0 Å². The summed E-state index contributed by atoms with van der Waals surface area (Å²) in [5.74, 6) is -1.47. The molecule has 3 aromatic rings. The quantitative estimate of drug-likeness (QED) is 0.303. The van der Waals surface area contributed by atoms with E-state index in [1.54, 1.807) is 6.92 Å². The topological polar surface area (TPSA) is 157 Å². The number of alkyl halides is 3. The van der Waals surface area contributed by atoms with Crippen molar-refractivity contribution in [1.82, 2.24) is 34.7 Å². The van der Waals surface area contributed by atoms with E-state index in [0.717, 1.165) is 32.4 Å².